The zero-order valence-electron chi connectivity index (χ0n) is 12.5. The third-order valence-corrected chi connectivity index (χ3v) is 3.03. The molecule has 23 heavy (non-hydrogen) atoms. The van der Waals surface area contributed by atoms with Gasteiger partial charge in [-0.25, -0.2) is 0 Å². The van der Waals surface area contributed by atoms with Gasteiger partial charge in [0.05, 0.1) is 0 Å². The third kappa shape index (κ3) is 4.62. The predicted molar refractivity (Wildman–Crippen MR) is 89.6 cm³/mol. The highest BCUT2D eigenvalue weighted by molar-refractivity contribution is 5.36. The van der Waals surface area contributed by atoms with E-state index in [-0.39, 0.29) is 0 Å². The Labute approximate surface area is 135 Å². The Morgan fingerprint density at radius 2 is 1.39 bits per heavy atom. The fourth-order valence-corrected chi connectivity index (χ4v) is 1.92. The molecule has 112 valence electrons. The number of ether oxygens (including phenoxy) is 2. The number of benzene rings is 2. The van der Waals surface area contributed by atoms with Crippen LogP contribution in [0.3, 0.4) is 0 Å². The van der Waals surface area contributed by atoms with Crippen LogP contribution in [0.15, 0.2) is 79.1 Å². The molecule has 3 rings (SSSR count). The number of para-hydroxylation sites is 1. The molecule has 0 bridgehead atoms. The van der Waals surface area contributed by atoms with Gasteiger partial charge in [-0.2, -0.15) is 0 Å². The highest BCUT2D eigenvalue weighted by atomic mass is 16.5. The van der Waals surface area contributed by atoms with E-state index in [2.05, 4.69) is 16.8 Å². The van der Waals surface area contributed by atoms with E-state index in [1.807, 2.05) is 66.7 Å². The van der Waals surface area contributed by atoms with Crippen molar-refractivity contribution in [3.63, 3.8) is 0 Å². The summed E-state index contributed by atoms with van der Waals surface area (Å²) in [5.41, 5.74) is 0.926. The van der Waals surface area contributed by atoms with Gasteiger partial charge < -0.3 is 9.47 Å². The summed E-state index contributed by atoms with van der Waals surface area (Å²) in [6.45, 7) is 0.335. The van der Waals surface area contributed by atoms with Crippen LogP contribution in [-0.2, 0) is 0 Å². The first-order valence-corrected chi connectivity index (χ1v) is 7.25. The quantitative estimate of drug-likeness (QED) is 0.673. The Hall–Kier alpha value is -3.25. The van der Waals surface area contributed by atoms with E-state index < -0.39 is 0 Å². The zero-order valence-corrected chi connectivity index (χ0v) is 12.5. The first-order valence-electron chi connectivity index (χ1n) is 7.25. The maximum absolute atomic E-state index is 5.73. The van der Waals surface area contributed by atoms with Crippen LogP contribution in [-0.4, -0.2) is 11.6 Å². The average molecular weight is 301 g/mol. The lowest BCUT2D eigenvalue weighted by Crippen LogP contribution is -1.94. The summed E-state index contributed by atoms with van der Waals surface area (Å²) in [5.74, 6) is 8.33. The Bertz CT molecular complexity index is 788. The minimum absolute atomic E-state index is 0.335. The van der Waals surface area contributed by atoms with Crippen molar-refractivity contribution >= 4 is 0 Å². The van der Waals surface area contributed by atoms with Gasteiger partial charge in [-0.15, -0.1) is 0 Å². The molecule has 2 aromatic carbocycles. The molecule has 0 saturated heterocycles. The standard InChI is InChI=1S/C20H15NO2/c1-2-6-19(7-3-1)23-20-10-8-18(9-11-20)22-16-4-5-17-12-14-21-15-13-17/h1-3,6-15H,16H2. The number of hydrogen-bond donors (Lipinski definition) is 0. The zero-order chi connectivity index (χ0) is 15.7. The van der Waals surface area contributed by atoms with Crippen molar-refractivity contribution in [1.82, 2.24) is 4.98 Å². The number of hydrogen-bond acceptors (Lipinski definition) is 3. The molecule has 0 spiro atoms. The smallest absolute Gasteiger partial charge is 0.149 e. The van der Waals surface area contributed by atoms with Gasteiger partial charge in [0, 0.05) is 18.0 Å². The van der Waals surface area contributed by atoms with Crippen LogP contribution in [0.2, 0.25) is 0 Å². The lowest BCUT2D eigenvalue weighted by Gasteiger charge is -2.06. The van der Waals surface area contributed by atoms with Gasteiger partial charge >= 0.3 is 0 Å². The van der Waals surface area contributed by atoms with Gasteiger partial charge in [0.2, 0.25) is 0 Å². The fourth-order valence-electron chi connectivity index (χ4n) is 1.92. The normalized spacial score (nSPS) is 9.57. The van der Waals surface area contributed by atoms with Crippen molar-refractivity contribution in [3.05, 3.63) is 84.7 Å². The summed E-state index contributed by atoms with van der Waals surface area (Å²) in [7, 11) is 0. The van der Waals surface area contributed by atoms with Crippen LogP contribution < -0.4 is 9.47 Å². The van der Waals surface area contributed by atoms with Crippen LogP contribution >= 0.6 is 0 Å². The average Bonchev–Trinajstić information content (AvgIpc) is 2.62. The van der Waals surface area contributed by atoms with E-state index in [1.54, 1.807) is 12.4 Å². The maximum atomic E-state index is 5.73. The van der Waals surface area contributed by atoms with Crippen LogP contribution in [0.25, 0.3) is 0 Å². The molecule has 0 atom stereocenters. The van der Waals surface area contributed by atoms with E-state index in [9.17, 15) is 0 Å². The van der Waals surface area contributed by atoms with Gasteiger partial charge in [0.1, 0.15) is 23.9 Å². The van der Waals surface area contributed by atoms with E-state index in [0.29, 0.717) is 6.61 Å². The van der Waals surface area contributed by atoms with Crippen LogP contribution in [0, 0.1) is 11.8 Å². The fraction of sp³-hybridized carbons (Fsp3) is 0.0500. The third-order valence-electron chi connectivity index (χ3n) is 3.03. The predicted octanol–water partition coefficient (Wildman–Crippen LogP) is 4.30. The topological polar surface area (TPSA) is 31.4 Å². The molecule has 0 N–H and O–H groups in total. The lowest BCUT2D eigenvalue weighted by atomic mass is 10.3. The molecule has 0 saturated carbocycles. The Balaban J connectivity index is 1.53. The molecule has 0 aliphatic heterocycles. The number of pyridine rings is 1. The first-order chi connectivity index (χ1) is 11.4. The second kappa shape index (κ2) is 7.67. The molecule has 3 heteroatoms. The summed E-state index contributed by atoms with van der Waals surface area (Å²) in [4.78, 5) is 3.95. The number of aromatic nitrogens is 1. The van der Waals surface area contributed by atoms with Crippen molar-refractivity contribution in [3.8, 4) is 29.1 Å². The molecule has 0 fully saturated rings. The van der Waals surface area contributed by atoms with Crippen molar-refractivity contribution in [2.45, 2.75) is 0 Å². The molecule has 0 aliphatic rings. The Morgan fingerprint density at radius 1 is 0.739 bits per heavy atom. The van der Waals surface area contributed by atoms with Crippen molar-refractivity contribution in [2.75, 3.05) is 6.61 Å². The minimum Gasteiger partial charge on any atom is -0.481 e. The van der Waals surface area contributed by atoms with Gasteiger partial charge in [0.15, 0.2) is 0 Å². The SMILES string of the molecule is C(#Cc1ccncc1)COc1ccc(Oc2ccccc2)cc1. The van der Waals surface area contributed by atoms with Gasteiger partial charge in [-0.3, -0.25) is 4.98 Å². The highest BCUT2D eigenvalue weighted by Crippen LogP contribution is 2.23. The molecule has 1 aromatic heterocycles. The summed E-state index contributed by atoms with van der Waals surface area (Å²) >= 11 is 0. The molecule has 1 heterocycles. The Morgan fingerprint density at radius 3 is 2.13 bits per heavy atom. The summed E-state index contributed by atoms with van der Waals surface area (Å²) in [6, 6.07) is 20.9. The second-order valence-corrected chi connectivity index (χ2v) is 4.71. The molecule has 0 amide bonds. The van der Waals surface area contributed by atoms with Gasteiger partial charge in [-0.05, 0) is 48.5 Å². The number of nitrogens with zero attached hydrogens (tertiary/aromatic N) is 1. The maximum Gasteiger partial charge on any atom is 0.149 e. The first kappa shape index (κ1) is 14.7. The number of rotatable bonds is 4. The van der Waals surface area contributed by atoms with Crippen molar-refractivity contribution in [1.29, 1.82) is 0 Å². The molecule has 3 aromatic rings. The highest BCUT2D eigenvalue weighted by Gasteiger charge is 1.97. The molecular formula is C20H15NO2. The van der Waals surface area contributed by atoms with Gasteiger partial charge in [0.25, 0.3) is 0 Å². The monoisotopic (exact) mass is 301 g/mol. The Kier molecular flexibility index (Phi) is 4.90. The lowest BCUT2D eigenvalue weighted by molar-refractivity contribution is 0.369. The van der Waals surface area contributed by atoms with E-state index in [1.165, 1.54) is 0 Å². The van der Waals surface area contributed by atoms with Crippen LogP contribution in [0.4, 0.5) is 0 Å². The summed E-state index contributed by atoms with van der Waals surface area (Å²) in [5, 5.41) is 0. The second-order valence-electron chi connectivity index (χ2n) is 4.71. The van der Waals surface area contributed by atoms with Crippen molar-refractivity contribution < 1.29 is 9.47 Å². The van der Waals surface area contributed by atoms with E-state index >= 15 is 0 Å². The molecule has 0 aliphatic carbocycles. The summed E-state index contributed by atoms with van der Waals surface area (Å²) in [6.07, 6.45) is 3.44. The largest absolute Gasteiger partial charge is 0.481 e. The van der Waals surface area contributed by atoms with E-state index in [4.69, 9.17) is 9.47 Å². The summed E-state index contributed by atoms with van der Waals surface area (Å²) < 4.78 is 11.3. The van der Waals surface area contributed by atoms with Crippen LogP contribution in [0.1, 0.15) is 5.56 Å². The molecular weight excluding hydrogens is 286 g/mol. The van der Waals surface area contributed by atoms with Crippen LogP contribution in [0.5, 0.6) is 17.2 Å². The van der Waals surface area contributed by atoms with Gasteiger partial charge in [-0.1, -0.05) is 30.0 Å². The minimum atomic E-state index is 0.335. The molecule has 0 radical (unpaired) electrons. The molecule has 3 nitrogen and oxygen atoms in total. The molecule has 0 unspecified atom stereocenters. The van der Waals surface area contributed by atoms with E-state index in [0.717, 1.165) is 22.8 Å². The van der Waals surface area contributed by atoms with Crippen molar-refractivity contribution in [2.24, 2.45) is 0 Å².